The number of guanidine groups is 1. The lowest BCUT2D eigenvalue weighted by molar-refractivity contribution is 0.0599. The van der Waals surface area contributed by atoms with E-state index in [-0.39, 0.29) is 24.0 Å². The fraction of sp³-hybridized carbons (Fsp3) is 0.478. The zero-order valence-corrected chi connectivity index (χ0v) is 21.8. The Morgan fingerprint density at radius 2 is 1.91 bits per heavy atom. The van der Waals surface area contributed by atoms with E-state index in [1.807, 2.05) is 39.0 Å². The van der Waals surface area contributed by atoms with Crippen LogP contribution in [0.25, 0.3) is 0 Å². The molecular formula is C23H34IN3O5. The summed E-state index contributed by atoms with van der Waals surface area (Å²) in [6.45, 7) is 11.0. The van der Waals surface area contributed by atoms with Crippen molar-refractivity contribution in [1.82, 2.24) is 10.6 Å². The summed E-state index contributed by atoms with van der Waals surface area (Å²) in [5.41, 5.74) is 2.54. The third kappa shape index (κ3) is 8.70. The van der Waals surface area contributed by atoms with Gasteiger partial charge in [0.2, 0.25) is 0 Å². The molecule has 1 aromatic heterocycles. The predicted octanol–water partition coefficient (Wildman–Crippen LogP) is 3.97. The quantitative estimate of drug-likeness (QED) is 0.142. The van der Waals surface area contributed by atoms with Crippen molar-refractivity contribution in [1.29, 1.82) is 0 Å². The number of rotatable bonds is 11. The van der Waals surface area contributed by atoms with Gasteiger partial charge in [0.05, 0.1) is 26.8 Å². The molecule has 0 unspecified atom stereocenters. The molecule has 0 radical (unpaired) electrons. The maximum atomic E-state index is 11.8. The number of halogens is 1. The summed E-state index contributed by atoms with van der Waals surface area (Å²) < 4.78 is 21.7. The molecule has 8 nitrogen and oxygen atoms in total. The Balaban J connectivity index is 0.00000512. The van der Waals surface area contributed by atoms with Crippen molar-refractivity contribution in [3.8, 4) is 5.75 Å². The lowest BCUT2D eigenvalue weighted by atomic mass is 10.1. The van der Waals surface area contributed by atoms with Crippen LogP contribution in [0.5, 0.6) is 5.75 Å². The Kier molecular flexibility index (Phi) is 12.8. The summed E-state index contributed by atoms with van der Waals surface area (Å²) in [6, 6.07) is 7.76. The third-order valence-corrected chi connectivity index (χ3v) is 4.47. The molecule has 1 aromatic carbocycles. The number of hydrogen-bond acceptors (Lipinski definition) is 6. The molecule has 9 heteroatoms. The summed E-state index contributed by atoms with van der Waals surface area (Å²) in [5, 5.41) is 6.44. The summed E-state index contributed by atoms with van der Waals surface area (Å²) in [5.74, 6) is 2.18. The van der Waals surface area contributed by atoms with Gasteiger partial charge < -0.3 is 29.3 Å². The van der Waals surface area contributed by atoms with E-state index in [9.17, 15) is 4.79 Å². The number of aliphatic imine (C=N–C) groups is 1. The Morgan fingerprint density at radius 1 is 1.12 bits per heavy atom. The molecule has 0 aliphatic rings. The van der Waals surface area contributed by atoms with Crippen LogP contribution in [-0.4, -0.2) is 45.4 Å². The monoisotopic (exact) mass is 559 g/mol. The summed E-state index contributed by atoms with van der Waals surface area (Å²) in [6.07, 6.45) is 0. The van der Waals surface area contributed by atoms with Crippen LogP contribution in [0, 0.1) is 13.8 Å². The Bertz CT molecular complexity index is 883. The molecular weight excluding hydrogens is 525 g/mol. The van der Waals surface area contributed by atoms with E-state index in [4.69, 9.17) is 18.6 Å². The number of carbonyl (C=O) groups is 1. The SMILES string of the molecule is CCNC(=NCc1ccc(C)cc1OCCOCC)NCc1cc(C(=O)OC)c(C)o1.I. The van der Waals surface area contributed by atoms with Crippen LogP contribution >= 0.6 is 24.0 Å². The van der Waals surface area contributed by atoms with E-state index in [2.05, 4.69) is 15.6 Å². The molecule has 0 aliphatic carbocycles. The van der Waals surface area contributed by atoms with Crippen molar-refractivity contribution in [3.05, 3.63) is 52.5 Å². The van der Waals surface area contributed by atoms with Crippen LogP contribution in [0.2, 0.25) is 0 Å². The van der Waals surface area contributed by atoms with Crippen molar-refractivity contribution < 1.29 is 23.4 Å². The molecule has 0 atom stereocenters. The molecule has 2 rings (SSSR count). The Hall–Kier alpha value is -2.27. The van der Waals surface area contributed by atoms with Gasteiger partial charge in [-0.3, -0.25) is 0 Å². The highest BCUT2D eigenvalue weighted by Gasteiger charge is 2.15. The number of aryl methyl sites for hydroxylation is 2. The van der Waals surface area contributed by atoms with Crippen molar-refractivity contribution in [2.24, 2.45) is 4.99 Å². The maximum Gasteiger partial charge on any atom is 0.341 e. The molecule has 32 heavy (non-hydrogen) atoms. The topological polar surface area (TPSA) is 94.3 Å². The normalized spacial score (nSPS) is 11.0. The molecule has 0 fully saturated rings. The fourth-order valence-corrected chi connectivity index (χ4v) is 2.90. The average Bonchev–Trinajstić information content (AvgIpc) is 3.14. The van der Waals surface area contributed by atoms with Crippen LogP contribution in [0.1, 0.15) is 46.9 Å². The van der Waals surface area contributed by atoms with Crippen LogP contribution in [0.3, 0.4) is 0 Å². The van der Waals surface area contributed by atoms with Crippen LogP contribution < -0.4 is 15.4 Å². The number of esters is 1. The van der Waals surface area contributed by atoms with Crippen molar-refractivity contribution >= 4 is 35.9 Å². The number of nitrogens with one attached hydrogen (secondary N) is 2. The summed E-state index contributed by atoms with van der Waals surface area (Å²) >= 11 is 0. The maximum absolute atomic E-state index is 11.8. The first-order valence-electron chi connectivity index (χ1n) is 10.5. The highest BCUT2D eigenvalue weighted by Crippen LogP contribution is 2.21. The minimum absolute atomic E-state index is 0. The van der Waals surface area contributed by atoms with E-state index >= 15 is 0 Å². The van der Waals surface area contributed by atoms with Gasteiger partial charge in [-0.1, -0.05) is 12.1 Å². The molecule has 2 N–H and O–H groups in total. The molecule has 0 saturated heterocycles. The number of carbonyl (C=O) groups excluding carboxylic acids is 1. The zero-order valence-electron chi connectivity index (χ0n) is 19.4. The zero-order chi connectivity index (χ0) is 22.6. The minimum Gasteiger partial charge on any atom is -0.491 e. The largest absolute Gasteiger partial charge is 0.491 e. The highest BCUT2D eigenvalue weighted by atomic mass is 127. The number of methoxy groups -OCH3 is 1. The van der Waals surface area contributed by atoms with E-state index in [0.29, 0.717) is 62.5 Å². The first-order valence-corrected chi connectivity index (χ1v) is 10.5. The van der Waals surface area contributed by atoms with Gasteiger partial charge in [-0.05, 0) is 45.4 Å². The molecule has 2 aromatic rings. The number of benzene rings is 1. The van der Waals surface area contributed by atoms with Crippen LogP contribution in [0.15, 0.2) is 33.7 Å². The number of nitrogens with zero attached hydrogens (tertiary/aromatic N) is 1. The summed E-state index contributed by atoms with van der Waals surface area (Å²) in [7, 11) is 1.35. The van der Waals surface area contributed by atoms with Gasteiger partial charge in [0.15, 0.2) is 5.96 Å². The predicted molar refractivity (Wildman–Crippen MR) is 135 cm³/mol. The van der Waals surface area contributed by atoms with Gasteiger partial charge in [-0.25, -0.2) is 9.79 Å². The second-order valence-corrected chi connectivity index (χ2v) is 6.88. The standard InChI is InChI=1S/C23H33N3O5.HI/c1-6-24-23(26-15-19-13-20(17(4)31-19)22(27)28-5)25-14-18-9-8-16(3)12-21(18)30-11-10-29-7-2;/h8-9,12-13H,6-7,10-11,14-15H2,1-5H3,(H2,24,25,26);1H. The minimum atomic E-state index is -0.413. The first-order chi connectivity index (χ1) is 15.0. The Morgan fingerprint density at radius 3 is 2.59 bits per heavy atom. The second kappa shape index (κ2) is 14.7. The van der Waals surface area contributed by atoms with E-state index in [1.54, 1.807) is 13.0 Å². The van der Waals surface area contributed by atoms with E-state index in [1.165, 1.54) is 7.11 Å². The molecule has 0 aliphatic heterocycles. The summed E-state index contributed by atoms with van der Waals surface area (Å²) in [4.78, 5) is 16.4. The van der Waals surface area contributed by atoms with Gasteiger partial charge in [0.1, 0.15) is 29.4 Å². The van der Waals surface area contributed by atoms with Crippen molar-refractivity contribution in [2.75, 3.05) is 33.5 Å². The fourth-order valence-electron chi connectivity index (χ4n) is 2.90. The molecule has 0 spiro atoms. The van der Waals surface area contributed by atoms with E-state index in [0.717, 1.165) is 16.9 Å². The van der Waals surface area contributed by atoms with Gasteiger partial charge in [-0.15, -0.1) is 24.0 Å². The average molecular weight is 559 g/mol. The molecule has 0 amide bonds. The number of hydrogen-bond donors (Lipinski definition) is 2. The third-order valence-electron chi connectivity index (χ3n) is 4.47. The lowest BCUT2D eigenvalue weighted by Gasteiger charge is -2.13. The molecule has 1 heterocycles. The highest BCUT2D eigenvalue weighted by molar-refractivity contribution is 14.0. The molecule has 0 bridgehead atoms. The molecule has 0 saturated carbocycles. The van der Waals surface area contributed by atoms with Crippen molar-refractivity contribution in [3.63, 3.8) is 0 Å². The Labute approximate surface area is 207 Å². The van der Waals surface area contributed by atoms with Gasteiger partial charge in [0, 0.05) is 18.7 Å². The number of ether oxygens (including phenoxy) is 3. The van der Waals surface area contributed by atoms with Crippen LogP contribution in [-0.2, 0) is 22.6 Å². The van der Waals surface area contributed by atoms with E-state index < -0.39 is 5.97 Å². The van der Waals surface area contributed by atoms with Crippen molar-refractivity contribution in [2.45, 2.75) is 40.8 Å². The van der Waals surface area contributed by atoms with Gasteiger partial charge in [0.25, 0.3) is 0 Å². The second-order valence-electron chi connectivity index (χ2n) is 6.88. The first kappa shape index (κ1) is 27.8. The smallest absolute Gasteiger partial charge is 0.341 e. The molecule has 178 valence electrons. The van der Waals surface area contributed by atoms with Gasteiger partial charge in [-0.2, -0.15) is 0 Å². The number of furan rings is 1. The van der Waals surface area contributed by atoms with Crippen LogP contribution in [0.4, 0.5) is 0 Å². The lowest BCUT2D eigenvalue weighted by Crippen LogP contribution is -2.36. The van der Waals surface area contributed by atoms with Gasteiger partial charge >= 0.3 is 5.97 Å².